The summed E-state index contributed by atoms with van der Waals surface area (Å²) >= 11 is 11.9. The van der Waals surface area contributed by atoms with Gasteiger partial charge in [-0.05, 0) is 31.2 Å². The molecular weight excluding hydrogens is 325 g/mol. The van der Waals surface area contributed by atoms with Crippen LogP contribution in [0.1, 0.15) is 16.1 Å². The Morgan fingerprint density at radius 2 is 1.95 bits per heavy atom. The summed E-state index contributed by atoms with van der Waals surface area (Å²) in [4.78, 5) is 14.0. The van der Waals surface area contributed by atoms with Crippen molar-refractivity contribution < 1.29 is 9.53 Å². The van der Waals surface area contributed by atoms with E-state index in [0.717, 1.165) is 0 Å². The van der Waals surface area contributed by atoms with E-state index < -0.39 is 0 Å². The summed E-state index contributed by atoms with van der Waals surface area (Å²) in [5.41, 5.74) is 1.04. The van der Waals surface area contributed by atoms with E-state index in [1.807, 2.05) is 0 Å². The van der Waals surface area contributed by atoms with Crippen molar-refractivity contribution in [1.29, 1.82) is 0 Å². The third-order valence-corrected chi connectivity index (χ3v) is 3.91. The van der Waals surface area contributed by atoms with Crippen LogP contribution in [-0.4, -0.2) is 40.8 Å². The molecule has 118 valence electrons. The van der Waals surface area contributed by atoms with Crippen molar-refractivity contribution in [1.82, 2.24) is 14.7 Å². The minimum Gasteiger partial charge on any atom is -0.492 e. The Bertz CT molecular complexity index is 668. The molecule has 0 saturated carbocycles. The van der Waals surface area contributed by atoms with Crippen LogP contribution in [0.4, 0.5) is 0 Å². The zero-order valence-electron chi connectivity index (χ0n) is 12.6. The molecule has 0 aliphatic carbocycles. The first kappa shape index (κ1) is 16.6. The number of amides is 1. The van der Waals surface area contributed by atoms with Gasteiger partial charge in [-0.25, -0.2) is 0 Å². The summed E-state index contributed by atoms with van der Waals surface area (Å²) in [5, 5.41) is 5.14. The summed E-state index contributed by atoms with van der Waals surface area (Å²) in [6, 6.07) is 7.08. The fourth-order valence-electron chi connectivity index (χ4n) is 2.00. The zero-order valence-corrected chi connectivity index (χ0v) is 14.1. The lowest BCUT2D eigenvalue weighted by atomic mass is 10.2. The molecule has 0 saturated heterocycles. The van der Waals surface area contributed by atoms with E-state index in [0.29, 0.717) is 40.3 Å². The van der Waals surface area contributed by atoms with Crippen molar-refractivity contribution >= 4 is 29.1 Å². The molecule has 1 amide bonds. The van der Waals surface area contributed by atoms with Crippen molar-refractivity contribution in [3.63, 3.8) is 0 Å². The monoisotopic (exact) mass is 341 g/mol. The number of nitrogens with zero attached hydrogens (tertiary/aromatic N) is 3. The highest BCUT2D eigenvalue weighted by molar-refractivity contribution is 6.33. The van der Waals surface area contributed by atoms with Gasteiger partial charge in [-0.3, -0.25) is 9.48 Å². The smallest absolute Gasteiger partial charge is 0.258 e. The lowest BCUT2D eigenvalue weighted by molar-refractivity contribution is 0.0773. The summed E-state index contributed by atoms with van der Waals surface area (Å²) in [6.07, 6.45) is 0. The highest BCUT2D eigenvalue weighted by atomic mass is 35.5. The first-order chi connectivity index (χ1) is 10.4. The molecular formula is C15H17Cl2N3O2. The zero-order chi connectivity index (χ0) is 16.3. The van der Waals surface area contributed by atoms with Crippen LogP contribution in [0, 0.1) is 6.92 Å². The van der Waals surface area contributed by atoms with E-state index in [1.165, 1.54) is 4.68 Å². The number of ether oxygens (including phenoxy) is 1. The van der Waals surface area contributed by atoms with Crippen molar-refractivity contribution in [3.8, 4) is 5.75 Å². The maximum atomic E-state index is 12.4. The second kappa shape index (κ2) is 7.03. The minimum absolute atomic E-state index is 0.171. The molecule has 0 atom stereocenters. The molecule has 0 spiro atoms. The Morgan fingerprint density at radius 3 is 2.50 bits per heavy atom. The van der Waals surface area contributed by atoms with Crippen molar-refractivity contribution in [3.05, 3.63) is 45.7 Å². The molecule has 0 bridgehead atoms. The van der Waals surface area contributed by atoms with Crippen LogP contribution < -0.4 is 4.74 Å². The lowest BCUT2D eigenvalue weighted by Crippen LogP contribution is -2.31. The largest absolute Gasteiger partial charge is 0.492 e. The molecule has 22 heavy (non-hydrogen) atoms. The third kappa shape index (κ3) is 3.72. The number of carbonyl (C=O) groups excluding carboxylic acids is 1. The average Bonchev–Trinajstić information content (AvgIpc) is 2.73. The molecule has 0 aliphatic rings. The molecule has 5 nitrogen and oxygen atoms in total. The summed E-state index contributed by atoms with van der Waals surface area (Å²) in [5.74, 6) is 0.538. The van der Waals surface area contributed by atoms with Gasteiger partial charge in [0.05, 0.1) is 17.8 Å². The molecule has 0 N–H and O–H groups in total. The molecule has 0 aliphatic heterocycles. The van der Waals surface area contributed by atoms with E-state index >= 15 is 0 Å². The first-order valence-electron chi connectivity index (χ1n) is 6.73. The van der Waals surface area contributed by atoms with Crippen LogP contribution in [0.3, 0.4) is 0 Å². The normalized spacial score (nSPS) is 10.6. The SMILES string of the molecule is Cc1nn(C)c(Cl)c1C(=O)N(C)CCOc1ccc(Cl)cc1. The van der Waals surface area contributed by atoms with Gasteiger partial charge in [0.1, 0.15) is 17.5 Å². The van der Waals surface area contributed by atoms with E-state index in [2.05, 4.69) is 5.10 Å². The summed E-state index contributed by atoms with van der Waals surface area (Å²) in [6.45, 7) is 2.57. The van der Waals surface area contributed by atoms with Gasteiger partial charge in [0.25, 0.3) is 5.91 Å². The van der Waals surface area contributed by atoms with Crippen LogP contribution in [0.15, 0.2) is 24.3 Å². The highest BCUT2D eigenvalue weighted by Gasteiger charge is 2.21. The van der Waals surface area contributed by atoms with Crippen LogP contribution >= 0.6 is 23.2 Å². The number of likely N-dealkylation sites (N-methyl/N-ethyl adjacent to an activating group) is 1. The van der Waals surface area contributed by atoms with Crippen LogP contribution in [0.25, 0.3) is 0 Å². The van der Waals surface area contributed by atoms with Crippen molar-refractivity contribution in [2.45, 2.75) is 6.92 Å². The van der Waals surface area contributed by atoms with Gasteiger partial charge in [-0.15, -0.1) is 0 Å². The predicted molar refractivity (Wildman–Crippen MR) is 86.9 cm³/mol. The fourth-order valence-corrected chi connectivity index (χ4v) is 2.38. The van der Waals surface area contributed by atoms with Gasteiger partial charge in [0.2, 0.25) is 0 Å². The van der Waals surface area contributed by atoms with E-state index in [4.69, 9.17) is 27.9 Å². The van der Waals surface area contributed by atoms with Gasteiger partial charge in [-0.2, -0.15) is 5.10 Å². The van der Waals surface area contributed by atoms with Gasteiger partial charge in [0.15, 0.2) is 0 Å². The number of rotatable bonds is 5. The van der Waals surface area contributed by atoms with Crippen LogP contribution in [0.5, 0.6) is 5.75 Å². The Balaban J connectivity index is 1.93. The Labute approximate surface area is 139 Å². The summed E-state index contributed by atoms with van der Waals surface area (Å²) in [7, 11) is 3.41. The number of benzene rings is 1. The molecule has 2 aromatic rings. The van der Waals surface area contributed by atoms with Gasteiger partial charge >= 0.3 is 0 Å². The van der Waals surface area contributed by atoms with Crippen molar-refractivity contribution in [2.24, 2.45) is 7.05 Å². The maximum absolute atomic E-state index is 12.4. The Hall–Kier alpha value is -1.72. The van der Waals surface area contributed by atoms with Gasteiger partial charge in [0, 0.05) is 19.1 Å². The molecule has 1 heterocycles. The number of halogens is 2. The van der Waals surface area contributed by atoms with Gasteiger partial charge < -0.3 is 9.64 Å². The standard InChI is InChI=1S/C15H17Cl2N3O2/c1-10-13(14(17)20(3)18-10)15(21)19(2)8-9-22-12-6-4-11(16)5-7-12/h4-7H,8-9H2,1-3H3. The fraction of sp³-hybridized carbons (Fsp3) is 0.333. The van der Waals surface area contributed by atoms with E-state index in [9.17, 15) is 4.79 Å². The number of aryl methyl sites for hydroxylation is 2. The average molecular weight is 342 g/mol. The predicted octanol–water partition coefficient (Wildman–Crippen LogP) is 3.19. The number of aromatic nitrogens is 2. The highest BCUT2D eigenvalue weighted by Crippen LogP contribution is 2.20. The molecule has 7 heteroatoms. The Morgan fingerprint density at radius 1 is 1.32 bits per heavy atom. The summed E-state index contributed by atoms with van der Waals surface area (Å²) < 4.78 is 7.07. The van der Waals surface area contributed by atoms with E-state index in [1.54, 1.807) is 50.2 Å². The lowest BCUT2D eigenvalue weighted by Gasteiger charge is -2.17. The molecule has 0 radical (unpaired) electrons. The molecule has 1 aromatic heterocycles. The quantitative estimate of drug-likeness (QED) is 0.838. The van der Waals surface area contributed by atoms with Crippen molar-refractivity contribution in [2.75, 3.05) is 20.2 Å². The number of hydrogen-bond acceptors (Lipinski definition) is 3. The topological polar surface area (TPSA) is 47.4 Å². The molecule has 0 fully saturated rings. The first-order valence-corrected chi connectivity index (χ1v) is 7.48. The van der Waals surface area contributed by atoms with E-state index in [-0.39, 0.29) is 5.91 Å². The number of hydrogen-bond donors (Lipinski definition) is 0. The van der Waals surface area contributed by atoms with Gasteiger partial charge in [-0.1, -0.05) is 23.2 Å². The maximum Gasteiger partial charge on any atom is 0.258 e. The number of carbonyl (C=O) groups is 1. The molecule has 2 rings (SSSR count). The minimum atomic E-state index is -0.171. The Kier molecular flexibility index (Phi) is 5.32. The van der Waals surface area contributed by atoms with Crippen LogP contribution in [0.2, 0.25) is 10.2 Å². The second-order valence-corrected chi connectivity index (χ2v) is 5.70. The van der Waals surface area contributed by atoms with Crippen LogP contribution in [-0.2, 0) is 7.05 Å². The second-order valence-electron chi connectivity index (χ2n) is 4.90. The third-order valence-electron chi connectivity index (χ3n) is 3.22. The molecule has 0 unspecified atom stereocenters. The molecule has 1 aromatic carbocycles.